The van der Waals surface area contributed by atoms with Crippen molar-refractivity contribution in [3.63, 3.8) is 0 Å². The number of hydrogen-bond donors (Lipinski definition) is 3. The van der Waals surface area contributed by atoms with Crippen LogP contribution in [0.25, 0.3) is 22.0 Å². The molecular weight excluding hydrogens is 439 g/mol. The quantitative estimate of drug-likeness (QED) is 0.400. The summed E-state index contributed by atoms with van der Waals surface area (Å²) in [6, 6.07) is 8.29. The van der Waals surface area contributed by atoms with Gasteiger partial charge in [-0.15, -0.1) is 0 Å². The van der Waals surface area contributed by atoms with Gasteiger partial charge in [-0.05, 0) is 30.7 Å². The Labute approximate surface area is 194 Å². The van der Waals surface area contributed by atoms with Crippen LogP contribution in [0.4, 0.5) is 26.6 Å². The molecule has 0 aliphatic rings. The number of anilines is 3. The molecule has 176 valence electrons. The number of carbonyl (C=O) groups excluding carboxylic acids is 1. The van der Waals surface area contributed by atoms with E-state index in [0.29, 0.717) is 40.1 Å². The SMILES string of the molecule is CCn1c(=O)c(-c2ccc(F)c(NC(=O)Nc3cc(C(C)(C)C)no3)c2)cc2cnc(N)cc21. The average Bonchev–Trinajstić information content (AvgIpc) is 3.24. The monoisotopic (exact) mass is 464 g/mol. The van der Waals surface area contributed by atoms with E-state index in [1.807, 2.05) is 27.7 Å². The molecule has 3 heterocycles. The molecule has 9 nitrogen and oxygen atoms in total. The van der Waals surface area contributed by atoms with Gasteiger partial charge in [-0.3, -0.25) is 10.1 Å². The number of amides is 2. The summed E-state index contributed by atoms with van der Waals surface area (Å²) in [6.45, 7) is 8.13. The molecule has 0 aliphatic heterocycles. The maximum Gasteiger partial charge on any atom is 0.326 e. The minimum absolute atomic E-state index is 0.0939. The highest BCUT2D eigenvalue weighted by Gasteiger charge is 2.20. The lowest BCUT2D eigenvalue weighted by Gasteiger charge is -2.13. The van der Waals surface area contributed by atoms with E-state index in [-0.39, 0.29) is 22.5 Å². The van der Waals surface area contributed by atoms with E-state index >= 15 is 0 Å². The summed E-state index contributed by atoms with van der Waals surface area (Å²) in [5.41, 5.74) is 7.27. The molecule has 0 fully saturated rings. The zero-order valence-corrected chi connectivity index (χ0v) is 19.3. The van der Waals surface area contributed by atoms with Crippen molar-refractivity contribution in [2.75, 3.05) is 16.4 Å². The summed E-state index contributed by atoms with van der Waals surface area (Å²) in [7, 11) is 0. The van der Waals surface area contributed by atoms with Crippen LogP contribution in [-0.2, 0) is 12.0 Å². The number of aryl methyl sites for hydroxylation is 1. The Kier molecular flexibility index (Phi) is 5.82. The number of fused-ring (bicyclic) bond motifs is 1. The van der Waals surface area contributed by atoms with Crippen molar-refractivity contribution in [1.29, 1.82) is 0 Å². The molecule has 2 amide bonds. The molecule has 0 unspecified atom stereocenters. The van der Waals surface area contributed by atoms with Crippen molar-refractivity contribution in [1.82, 2.24) is 14.7 Å². The molecule has 3 aromatic heterocycles. The van der Waals surface area contributed by atoms with Crippen LogP contribution in [0, 0.1) is 5.82 Å². The first kappa shape index (κ1) is 23.0. The molecule has 4 rings (SSSR count). The lowest BCUT2D eigenvalue weighted by atomic mass is 9.92. The fraction of sp³-hybridized carbons (Fsp3) is 0.250. The van der Waals surface area contributed by atoms with E-state index in [1.165, 1.54) is 18.2 Å². The Bertz CT molecular complexity index is 1450. The van der Waals surface area contributed by atoms with Crippen LogP contribution in [0.2, 0.25) is 0 Å². The molecule has 0 atom stereocenters. The number of carbonyl (C=O) groups is 1. The van der Waals surface area contributed by atoms with Gasteiger partial charge in [0.25, 0.3) is 5.56 Å². The van der Waals surface area contributed by atoms with Gasteiger partial charge in [-0.2, -0.15) is 0 Å². The van der Waals surface area contributed by atoms with Crippen molar-refractivity contribution in [2.45, 2.75) is 39.7 Å². The second-order valence-corrected chi connectivity index (χ2v) is 8.88. The molecule has 4 N–H and O–H groups in total. The summed E-state index contributed by atoms with van der Waals surface area (Å²) in [5, 5.41) is 9.60. The van der Waals surface area contributed by atoms with Crippen LogP contribution in [0.5, 0.6) is 0 Å². The van der Waals surface area contributed by atoms with Gasteiger partial charge in [0, 0.05) is 41.2 Å². The number of aromatic nitrogens is 3. The number of nitrogens with zero attached hydrogens (tertiary/aromatic N) is 3. The molecule has 0 radical (unpaired) electrons. The Balaban J connectivity index is 1.65. The van der Waals surface area contributed by atoms with Crippen LogP contribution >= 0.6 is 0 Å². The van der Waals surface area contributed by atoms with Crippen LogP contribution in [0.15, 0.2) is 51.9 Å². The molecule has 34 heavy (non-hydrogen) atoms. The first-order valence-electron chi connectivity index (χ1n) is 10.7. The third kappa shape index (κ3) is 4.47. The lowest BCUT2D eigenvalue weighted by Crippen LogP contribution is -2.22. The van der Waals surface area contributed by atoms with Crippen molar-refractivity contribution >= 4 is 34.3 Å². The Morgan fingerprint density at radius 2 is 1.94 bits per heavy atom. The van der Waals surface area contributed by atoms with Gasteiger partial charge in [-0.1, -0.05) is 32.0 Å². The molecule has 0 aliphatic carbocycles. The molecule has 0 bridgehead atoms. The smallest absolute Gasteiger partial charge is 0.326 e. The van der Waals surface area contributed by atoms with Crippen molar-refractivity contribution < 1.29 is 13.7 Å². The zero-order valence-electron chi connectivity index (χ0n) is 19.3. The summed E-state index contributed by atoms with van der Waals surface area (Å²) < 4.78 is 21.2. The summed E-state index contributed by atoms with van der Waals surface area (Å²) >= 11 is 0. The number of nitrogens with two attached hydrogens (primary N) is 1. The number of halogens is 1. The highest BCUT2D eigenvalue weighted by molar-refractivity contribution is 5.99. The molecule has 4 aromatic rings. The lowest BCUT2D eigenvalue weighted by molar-refractivity contribution is 0.261. The van der Waals surface area contributed by atoms with Crippen molar-refractivity contribution in [3.8, 4) is 11.1 Å². The number of nitrogens with one attached hydrogen (secondary N) is 2. The van der Waals surface area contributed by atoms with E-state index in [4.69, 9.17) is 10.3 Å². The predicted octanol–water partition coefficient (Wildman–Crippen LogP) is 4.73. The van der Waals surface area contributed by atoms with Crippen LogP contribution in [0.3, 0.4) is 0 Å². The summed E-state index contributed by atoms with van der Waals surface area (Å²) in [4.78, 5) is 29.7. The number of urea groups is 1. The summed E-state index contributed by atoms with van der Waals surface area (Å²) in [6.07, 6.45) is 1.58. The largest absolute Gasteiger partial charge is 0.384 e. The van der Waals surface area contributed by atoms with Gasteiger partial charge in [0.2, 0.25) is 5.88 Å². The molecule has 1 aromatic carbocycles. The van der Waals surface area contributed by atoms with Gasteiger partial charge < -0.3 is 20.1 Å². The number of pyridine rings is 2. The number of benzene rings is 1. The van der Waals surface area contributed by atoms with Crippen LogP contribution < -0.4 is 21.9 Å². The van der Waals surface area contributed by atoms with Gasteiger partial charge in [0.1, 0.15) is 11.6 Å². The number of rotatable bonds is 4. The Morgan fingerprint density at radius 1 is 1.18 bits per heavy atom. The number of nitrogen functional groups attached to an aromatic ring is 1. The zero-order chi connectivity index (χ0) is 24.6. The van der Waals surface area contributed by atoms with Gasteiger partial charge in [0.05, 0.1) is 16.9 Å². The summed E-state index contributed by atoms with van der Waals surface area (Å²) in [5.74, 6) is -0.216. The van der Waals surface area contributed by atoms with Gasteiger partial charge in [0.15, 0.2) is 0 Å². The Morgan fingerprint density at radius 3 is 2.62 bits per heavy atom. The van der Waals surface area contributed by atoms with E-state index in [0.717, 1.165) is 0 Å². The van der Waals surface area contributed by atoms with E-state index in [9.17, 15) is 14.0 Å². The Hall–Kier alpha value is -4.21. The second kappa shape index (κ2) is 8.62. The maximum atomic E-state index is 14.5. The van der Waals surface area contributed by atoms with Crippen LogP contribution in [0.1, 0.15) is 33.4 Å². The standard InChI is InChI=1S/C24H25FN6O3/c1-5-31-18-10-20(26)27-12-14(18)8-15(22(31)32)13-6-7-16(25)17(9-13)28-23(33)29-21-11-19(30-34-21)24(2,3)4/h6-12H,5H2,1-4H3,(H2,26,27)(H2,28,29,33). The predicted molar refractivity (Wildman–Crippen MR) is 129 cm³/mol. The third-order valence-corrected chi connectivity index (χ3v) is 5.36. The third-order valence-electron chi connectivity index (χ3n) is 5.36. The molecule has 0 spiro atoms. The van der Waals surface area contributed by atoms with E-state index < -0.39 is 11.8 Å². The minimum Gasteiger partial charge on any atom is -0.384 e. The van der Waals surface area contributed by atoms with E-state index in [2.05, 4.69) is 20.8 Å². The molecule has 0 saturated carbocycles. The van der Waals surface area contributed by atoms with Gasteiger partial charge >= 0.3 is 6.03 Å². The fourth-order valence-corrected chi connectivity index (χ4v) is 3.55. The maximum absolute atomic E-state index is 14.5. The van der Waals surface area contributed by atoms with E-state index in [1.54, 1.807) is 29.0 Å². The minimum atomic E-state index is -0.711. The highest BCUT2D eigenvalue weighted by atomic mass is 19.1. The first-order chi connectivity index (χ1) is 16.1. The molecular formula is C24H25FN6O3. The number of hydrogen-bond acceptors (Lipinski definition) is 6. The topological polar surface area (TPSA) is 128 Å². The molecule has 0 saturated heterocycles. The second-order valence-electron chi connectivity index (χ2n) is 8.88. The van der Waals surface area contributed by atoms with Crippen LogP contribution in [-0.4, -0.2) is 20.7 Å². The average molecular weight is 465 g/mol. The normalized spacial score (nSPS) is 11.6. The van der Waals surface area contributed by atoms with Gasteiger partial charge in [-0.25, -0.2) is 14.2 Å². The first-order valence-corrected chi connectivity index (χ1v) is 10.7. The fourth-order valence-electron chi connectivity index (χ4n) is 3.55. The highest BCUT2D eigenvalue weighted by Crippen LogP contribution is 2.27. The molecule has 10 heteroatoms. The van der Waals surface area contributed by atoms with Crippen molar-refractivity contribution in [3.05, 3.63) is 64.5 Å². The van der Waals surface area contributed by atoms with Crippen molar-refractivity contribution in [2.24, 2.45) is 0 Å².